The summed E-state index contributed by atoms with van der Waals surface area (Å²) in [7, 11) is 0. The summed E-state index contributed by atoms with van der Waals surface area (Å²) >= 11 is 0. The van der Waals surface area contributed by atoms with Crippen molar-refractivity contribution in [2.45, 2.75) is 19.3 Å². The van der Waals surface area contributed by atoms with Gasteiger partial charge < -0.3 is 4.79 Å². The number of hydrogen-bond acceptors (Lipinski definition) is 3. The Morgan fingerprint density at radius 2 is 2.20 bits per heavy atom. The third-order valence-corrected chi connectivity index (χ3v) is 1.99. The number of rotatable bonds is 5. The monoisotopic (exact) mass is 211 g/mol. The maximum absolute atomic E-state index is 12.9. The Bertz CT molecular complexity index is 379. The molecule has 0 spiro atoms. The van der Waals surface area contributed by atoms with E-state index in [2.05, 4.69) is 0 Å². The molecule has 0 aliphatic rings. The Morgan fingerprint density at radius 1 is 1.47 bits per heavy atom. The molecule has 0 saturated carbocycles. The molecular weight excluding hydrogens is 201 g/mol. The average molecular weight is 211 g/mol. The number of halogens is 1. The van der Waals surface area contributed by atoms with Gasteiger partial charge in [0.25, 0.3) is 0 Å². The molecule has 5 heteroatoms. The Hall–Kier alpha value is -1.78. The molecule has 0 aliphatic carbocycles. The number of aldehydes is 1. The van der Waals surface area contributed by atoms with Crippen LogP contribution in [0.2, 0.25) is 0 Å². The first kappa shape index (κ1) is 11.3. The summed E-state index contributed by atoms with van der Waals surface area (Å²) in [5, 5.41) is 10.4. The molecule has 1 rings (SSSR count). The smallest absolute Gasteiger partial charge is 0.303 e. The van der Waals surface area contributed by atoms with E-state index in [1.54, 1.807) is 0 Å². The van der Waals surface area contributed by atoms with Crippen LogP contribution >= 0.6 is 0 Å². The lowest BCUT2D eigenvalue weighted by atomic mass is 10.1. The molecule has 0 bridgehead atoms. The third-order valence-electron chi connectivity index (χ3n) is 1.99. The first-order valence-electron chi connectivity index (χ1n) is 4.51. The second-order valence-electron chi connectivity index (χ2n) is 3.10. The Morgan fingerprint density at radius 3 is 2.80 bits per heavy atom. The molecule has 0 atom stereocenters. The summed E-state index contributed by atoms with van der Waals surface area (Å²) in [6.07, 6.45) is 2.36. The summed E-state index contributed by atoms with van der Waals surface area (Å²) < 4.78 is 12.9. The number of nitro groups is 1. The van der Waals surface area contributed by atoms with Gasteiger partial charge in [0, 0.05) is 12.5 Å². The normalized spacial score (nSPS) is 9.93. The van der Waals surface area contributed by atoms with E-state index in [0.717, 1.165) is 12.4 Å². The molecule has 0 saturated heterocycles. The number of aryl methyl sites for hydroxylation is 1. The van der Waals surface area contributed by atoms with Crippen molar-refractivity contribution in [2.75, 3.05) is 0 Å². The molecular formula is C10H10FNO3. The van der Waals surface area contributed by atoms with Crippen molar-refractivity contribution in [1.82, 2.24) is 0 Å². The quantitative estimate of drug-likeness (QED) is 0.325. The minimum atomic E-state index is -0.834. The lowest BCUT2D eigenvalue weighted by Gasteiger charge is -1.99. The molecule has 0 amide bonds. The van der Waals surface area contributed by atoms with E-state index in [4.69, 9.17) is 0 Å². The molecule has 0 aliphatic heterocycles. The lowest BCUT2D eigenvalue weighted by molar-refractivity contribution is -0.387. The van der Waals surface area contributed by atoms with Crippen LogP contribution in [0.5, 0.6) is 0 Å². The number of carbonyl (C=O) groups excluding carboxylic acids is 1. The van der Waals surface area contributed by atoms with Crippen LogP contribution in [0.3, 0.4) is 0 Å². The van der Waals surface area contributed by atoms with Crippen molar-refractivity contribution in [3.63, 3.8) is 0 Å². The van der Waals surface area contributed by atoms with Crippen LogP contribution < -0.4 is 0 Å². The standard InChI is InChI=1S/C10H10FNO3/c11-9-5-4-8(3-1-2-6-13)7-10(9)12(14)15/h4-7H,1-3H2. The molecule has 0 aromatic heterocycles. The van der Waals surface area contributed by atoms with Crippen molar-refractivity contribution in [1.29, 1.82) is 0 Å². The van der Waals surface area contributed by atoms with E-state index < -0.39 is 16.4 Å². The molecule has 0 fully saturated rings. The molecule has 0 N–H and O–H groups in total. The molecule has 1 aromatic carbocycles. The highest BCUT2D eigenvalue weighted by Crippen LogP contribution is 2.19. The summed E-state index contributed by atoms with van der Waals surface area (Å²) in [4.78, 5) is 19.7. The van der Waals surface area contributed by atoms with Gasteiger partial charge >= 0.3 is 5.69 Å². The predicted octanol–water partition coefficient (Wildman–Crippen LogP) is 2.26. The molecule has 15 heavy (non-hydrogen) atoms. The largest absolute Gasteiger partial charge is 0.305 e. The van der Waals surface area contributed by atoms with Crippen LogP contribution in [0.15, 0.2) is 18.2 Å². The van der Waals surface area contributed by atoms with E-state index in [-0.39, 0.29) is 0 Å². The van der Waals surface area contributed by atoms with Gasteiger partial charge in [-0.25, -0.2) is 0 Å². The number of carbonyl (C=O) groups is 1. The highest BCUT2D eigenvalue weighted by atomic mass is 19.1. The van der Waals surface area contributed by atoms with Crippen molar-refractivity contribution < 1.29 is 14.1 Å². The van der Waals surface area contributed by atoms with Crippen LogP contribution in [-0.4, -0.2) is 11.2 Å². The molecule has 0 unspecified atom stereocenters. The first-order valence-corrected chi connectivity index (χ1v) is 4.51. The Labute approximate surface area is 85.9 Å². The predicted molar refractivity (Wildman–Crippen MR) is 52.1 cm³/mol. The minimum Gasteiger partial charge on any atom is -0.303 e. The molecule has 0 radical (unpaired) electrons. The number of benzene rings is 1. The van der Waals surface area contributed by atoms with E-state index in [1.807, 2.05) is 0 Å². The number of nitrogens with zero attached hydrogens (tertiary/aromatic N) is 1. The lowest BCUT2D eigenvalue weighted by Crippen LogP contribution is -1.95. The van der Waals surface area contributed by atoms with Gasteiger partial charge in [-0.1, -0.05) is 6.07 Å². The molecule has 80 valence electrons. The van der Waals surface area contributed by atoms with E-state index in [9.17, 15) is 19.3 Å². The van der Waals surface area contributed by atoms with Crippen molar-refractivity contribution >= 4 is 12.0 Å². The van der Waals surface area contributed by atoms with E-state index in [0.29, 0.717) is 24.8 Å². The second kappa shape index (κ2) is 5.19. The van der Waals surface area contributed by atoms with Gasteiger partial charge in [0.05, 0.1) is 4.92 Å². The average Bonchev–Trinajstić information content (AvgIpc) is 2.20. The number of unbranched alkanes of at least 4 members (excludes halogenated alkanes) is 1. The maximum Gasteiger partial charge on any atom is 0.305 e. The fourth-order valence-electron chi connectivity index (χ4n) is 1.24. The first-order chi connectivity index (χ1) is 7.15. The summed E-state index contributed by atoms with van der Waals surface area (Å²) in [6, 6.07) is 3.78. The van der Waals surface area contributed by atoms with Gasteiger partial charge in [-0.2, -0.15) is 4.39 Å². The number of hydrogen-bond donors (Lipinski definition) is 0. The number of nitro benzene ring substituents is 1. The van der Waals surface area contributed by atoms with Crippen LogP contribution in [0, 0.1) is 15.9 Å². The summed E-state index contributed by atoms with van der Waals surface area (Å²) in [6.45, 7) is 0. The summed E-state index contributed by atoms with van der Waals surface area (Å²) in [5.41, 5.74) is 0.156. The molecule has 0 heterocycles. The fourth-order valence-corrected chi connectivity index (χ4v) is 1.24. The maximum atomic E-state index is 12.9. The van der Waals surface area contributed by atoms with Crippen molar-refractivity contribution in [2.24, 2.45) is 0 Å². The van der Waals surface area contributed by atoms with Gasteiger partial charge in [-0.05, 0) is 24.5 Å². The van der Waals surface area contributed by atoms with Gasteiger partial charge in [0.2, 0.25) is 5.82 Å². The molecule has 1 aromatic rings. The van der Waals surface area contributed by atoms with Crippen LogP contribution in [-0.2, 0) is 11.2 Å². The van der Waals surface area contributed by atoms with Crippen molar-refractivity contribution in [3.05, 3.63) is 39.7 Å². The molecule has 4 nitrogen and oxygen atoms in total. The van der Waals surface area contributed by atoms with Crippen LogP contribution in [0.25, 0.3) is 0 Å². The third kappa shape index (κ3) is 3.12. The zero-order valence-corrected chi connectivity index (χ0v) is 7.98. The van der Waals surface area contributed by atoms with Gasteiger partial charge in [-0.15, -0.1) is 0 Å². The van der Waals surface area contributed by atoms with Gasteiger partial charge in [0.15, 0.2) is 0 Å². The Balaban J connectivity index is 2.78. The highest BCUT2D eigenvalue weighted by molar-refractivity contribution is 5.49. The zero-order chi connectivity index (χ0) is 11.3. The Kier molecular flexibility index (Phi) is 3.91. The fraction of sp³-hybridized carbons (Fsp3) is 0.300. The van der Waals surface area contributed by atoms with Crippen LogP contribution in [0.4, 0.5) is 10.1 Å². The van der Waals surface area contributed by atoms with Gasteiger partial charge in [0.1, 0.15) is 6.29 Å². The van der Waals surface area contributed by atoms with Crippen LogP contribution in [0.1, 0.15) is 18.4 Å². The second-order valence-corrected chi connectivity index (χ2v) is 3.10. The zero-order valence-electron chi connectivity index (χ0n) is 7.98. The van der Waals surface area contributed by atoms with Gasteiger partial charge in [-0.3, -0.25) is 10.1 Å². The van der Waals surface area contributed by atoms with E-state index in [1.165, 1.54) is 12.1 Å². The summed E-state index contributed by atoms with van der Waals surface area (Å²) in [5.74, 6) is -0.834. The minimum absolute atomic E-state index is 0.408. The SMILES string of the molecule is O=CCCCc1ccc(F)c([N+](=O)[O-])c1. The highest BCUT2D eigenvalue weighted by Gasteiger charge is 2.13. The van der Waals surface area contributed by atoms with E-state index >= 15 is 0 Å². The van der Waals surface area contributed by atoms with Crippen molar-refractivity contribution in [3.8, 4) is 0 Å². The topological polar surface area (TPSA) is 60.2 Å².